The van der Waals surface area contributed by atoms with Crippen LogP contribution in [0.15, 0.2) is 30.3 Å². The van der Waals surface area contributed by atoms with Crippen LogP contribution in [0.3, 0.4) is 0 Å². The van der Waals surface area contributed by atoms with E-state index in [1.165, 1.54) is 0 Å². The lowest BCUT2D eigenvalue weighted by Crippen LogP contribution is -2.50. The molecule has 2 rings (SSSR count). The van der Waals surface area contributed by atoms with E-state index in [9.17, 15) is 9.90 Å². The van der Waals surface area contributed by atoms with Crippen molar-refractivity contribution in [1.82, 2.24) is 5.32 Å². The van der Waals surface area contributed by atoms with Crippen molar-refractivity contribution >= 4 is 17.7 Å². The van der Waals surface area contributed by atoms with E-state index in [2.05, 4.69) is 5.32 Å². The standard InChI is InChI=1S/C16H23NO3S/c18-10-4-11-21-12-9-16(15(19)20,17-14-7-8-14)13-5-2-1-3-6-13/h1-3,5-6,14,17-18H,4,7-12H2,(H,19,20). The van der Waals surface area contributed by atoms with E-state index in [0.717, 1.165) is 36.3 Å². The number of carbonyl (C=O) groups is 1. The molecule has 0 heterocycles. The summed E-state index contributed by atoms with van der Waals surface area (Å²) in [5.41, 5.74) is -0.165. The van der Waals surface area contributed by atoms with Gasteiger partial charge in [0.1, 0.15) is 5.54 Å². The first kappa shape index (κ1) is 16.3. The van der Waals surface area contributed by atoms with Crippen molar-refractivity contribution in [2.45, 2.75) is 37.3 Å². The topological polar surface area (TPSA) is 69.6 Å². The number of aliphatic carboxylic acids is 1. The Bertz CT molecular complexity index is 450. The molecule has 1 atom stereocenters. The first-order valence-corrected chi connectivity index (χ1v) is 8.60. The predicted molar refractivity (Wildman–Crippen MR) is 85.6 cm³/mol. The van der Waals surface area contributed by atoms with Gasteiger partial charge in [0.15, 0.2) is 0 Å². The Hall–Kier alpha value is -1.04. The van der Waals surface area contributed by atoms with Crippen molar-refractivity contribution in [2.75, 3.05) is 18.1 Å². The summed E-state index contributed by atoms with van der Waals surface area (Å²) < 4.78 is 0. The SMILES string of the molecule is O=C(O)C(CCSCCCO)(NC1CC1)c1ccccc1. The van der Waals surface area contributed by atoms with Crippen LogP contribution in [0.25, 0.3) is 0 Å². The number of hydrogen-bond donors (Lipinski definition) is 3. The van der Waals surface area contributed by atoms with Crippen LogP contribution in [0.4, 0.5) is 0 Å². The molecule has 1 aromatic carbocycles. The molecule has 1 saturated carbocycles. The molecule has 1 aliphatic carbocycles. The average Bonchev–Trinajstić information content (AvgIpc) is 3.30. The van der Waals surface area contributed by atoms with Crippen LogP contribution in [-0.2, 0) is 10.3 Å². The molecule has 0 aromatic heterocycles. The highest BCUT2D eigenvalue weighted by molar-refractivity contribution is 7.99. The molecule has 1 fully saturated rings. The van der Waals surface area contributed by atoms with Crippen LogP contribution in [0.5, 0.6) is 0 Å². The van der Waals surface area contributed by atoms with Gasteiger partial charge in [-0.15, -0.1) is 0 Å². The Morgan fingerprint density at radius 2 is 2.00 bits per heavy atom. The Morgan fingerprint density at radius 3 is 2.57 bits per heavy atom. The first-order valence-electron chi connectivity index (χ1n) is 7.44. The van der Waals surface area contributed by atoms with Crippen LogP contribution in [0.2, 0.25) is 0 Å². The normalized spacial score (nSPS) is 17.4. The fraction of sp³-hybridized carbons (Fsp3) is 0.562. The van der Waals surface area contributed by atoms with E-state index >= 15 is 0 Å². The molecule has 0 aliphatic heterocycles. The Labute approximate surface area is 129 Å². The second kappa shape index (κ2) is 7.82. The summed E-state index contributed by atoms with van der Waals surface area (Å²) in [5, 5.41) is 22.0. The molecular formula is C16H23NO3S. The van der Waals surface area contributed by atoms with Gasteiger partial charge < -0.3 is 10.2 Å². The maximum Gasteiger partial charge on any atom is 0.328 e. The fourth-order valence-electron chi connectivity index (χ4n) is 2.38. The monoisotopic (exact) mass is 309 g/mol. The van der Waals surface area contributed by atoms with E-state index in [4.69, 9.17) is 5.11 Å². The number of nitrogens with one attached hydrogen (secondary N) is 1. The number of aliphatic hydroxyl groups excluding tert-OH is 1. The molecule has 1 unspecified atom stereocenters. The zero-order valence-electron chi connectivity index (χ0n) is 12.1. The average molecular weight is 309 g/mol. The third-order valence-electron chi connectivity index (χ3n) is 3.73. The van der Waals surface area contributed by atoms with Gasteiger partial charge in [-0.05, 0) is 42.8 Å². The zero-order valence-corrected chi connectivity index (χ0v) is 12.9. The minimum atomic E-state index is -0.991. The summed E-state index contributed by atoms with van der Waals surface area (Å²) in [6, 6.07) is 9.79. The van der Waals surface area contributed by atoms with Crippen molar-refractivity contribution in [1.29, 1.82) is 0 Å². The van der Waals surface area contributed by atoms with Gasteiger partial charge in [0, 0.05) is 12.6 Å². The van der Waals surface area contributed by atoms with E-state index < -0.39 is 11.5 Å². The summed E-state index contributed by atoms with van der Waals surface area (Å²) in [6.07, 6.45) is 3.42. The molecule has 21 heavy (non-hydrogen) atoms. The van der Waals surface area contributed by atoms with E-state index in [-0.39, 0.29) is 6.61 Å². The van der Waals surface area contributed by atoms with Crippen LogP contribution < -0.4 is 5.32 Å². The first-order chi connectivity index (χ1) is 10.2. The van der Waals surface area contributed by atoms with Gasteiger partial charge in [0.25, 0.3) is 0 Å². The molecule has 3 N–H and O–H groups in total. The largest absolute Gasteiger partial charge is 0.480 e. The predicted octanol–water partition coefficient (Wildman–Crippen LogP) is 2.22. The second-order valence-corrected chi connectivity index (χ2v) is 6.66. The quantitative estimate of drug-likeness (QED) is 0.578. The van der Waals surface area contributed by atoms with Crippen molar-refractivity contribution in [3.63, 3.8) is 0 Å². The molecule has 0 saturated heterocycles. The smallest absolute Gasteiger partial charge is 0.328 e. The van der Waals surface area contributed by atoms with Crippen molar-refractivity contribution in [3.05, 3.63) is 35.9 Å². The van der Waals surface area contributed by atoms with Crippen LogP contribution in [-0.4, -0.2) is 40.3 Å². The summed E-state index contributed by atoms with van der Waals surface area (Å²) in [5.74, 6) is 0.828. The van der Waals surface area contributed by atoms with Crippen molar-refractivity contribution in [3.8, 4) is 0 Å². The highest BCUT2D eigenvalue weighted by Gasteiger charge is 2.43. The van der Waals surface area contributed by atoms with Gasteiger partial charge >= 0.3 is 5.97 Å². The molecule has 116 valence electrons. The van der Waals surface area contributed by atoms with Crippen molar-refractivity contribution < 1.29 is 15.0 Å². The third-order valence-corrected chi connectivity index (χ3v) is 4.80. The Kier molecular flexibility index (Phi) is 6.08. The number of benzene rings is 1. The molecule has 0 amide bonds. The Morgan fingerprint density at radius 1 is 1.29 bits per heavy atom. The molecule has 0 bridgehead atoms. The number of thioether (sulfide) groups is 1. The fourth-order valence-corrected chi connectivity index (χ4v) is 3.37. The van der Waals surface area contributed by atoms with Gasteiger partial charge in [-0.1, -0.05) is 30.3 Å². The van der Waals surface area contributed by atoms with Gasteiger partial charge in [0.05, 0.1) is 0 Å². The Balaban J connectivity index is 2.09. The van der Waals surface area contributed by atoms with Crippen LogP contribution in [0, 0.1) is 0 Å². The lowest BCUT2D eigenvalue weighted by molar-refractivity contribution is -0.145. The molecule has 0 spiro atoms. The molecule has 0 radical (unpaired) electrons. The third kappa shape index (κ3) is 4.46. The van der Waals surface area contributed by atoms with Gasteiger partial charge in [0.2, 0.25) is 0 Å². The van der Waals surface area contributed by atoms with Gasteiger partial charge in [-0.25, -0.2) is 4.79 Å². The molecule has 5 heteroatoms. The molecule has 4 nitrogen and oxygen atoms in total. The number of carboxylic acids is 1. The number of rotatable bonds is 10. The lowest BCUT2D eigenvalue weighted by atomic mass is 9.87. The van der Waals surface area contributed by atoms with Crippen LogP contribution in [0.1, 0.15) is 31.2 Å². The summed E-state index contributed by atoms with van der Waals surface area (Å²) in [6.45, 7) is 0.191. The number of carboxylic acid groups (broad SMARTS) is 1. The van der Waals surface area contributed by atoms with E-state index in [1.807, 2.05) is 30.3 Å². The van der Waals surface area contributed by atoms with E-state index in [1.54, 1.807) is 11.8 Å². The van der Waals surface area contributed by atoms with E-state index in [0.29, 0.717) is 12.5 Å². The summed E-state index contributed by atoms with van der Waals surface area (Å²) in [4.78, 5) is 12.0. The minimum Gasteiger partial charge on any atom is -0.480 e. The maximum atomic E-state index is 12.0. The second-order valence-electron chi connectivity index (χ2n) is 5.43. The number of aliphatic hydroxyl groups is 1. The zero-order chi connectivity index (χ0) is 15.1. The number of hydrogen-bond acceptors (Lipinski definition) is 4. The lowest BCUT2D eigenvalue weighted by Gasteiger charge is -2.31. The molecular weight excluding hydrogens is 286 g/mol. The van der Waals surface area contributed by atoms with Crippen molar-refractivity contribution in [2.24, 2.45) is 0 Å². The van der Waals surface area contributed by atoms with Gasteiger partial charge in [-0.3, -0.25) is 5.32 Å². The highest BCUT2D eigenvalue weighted by Crippen LogP contribution is 2.32. The summed E-state index contributed by atoms with van der Waals surface area (Å²) >= 11 is 1.70. The maximum absolute atomic E-state index is 12.0. The minimum absolute atomic E-state index is 0.191. The van der Waals surface area contributed by atoms with Crippen LogP contribution >= 0.6 is 11.8 Å². The highest BCUT2D eigenvalue weighted by atomic mass is 32.2. The molecule has 1 aromatic rings. The summed E-state index contributed by atoms with van der Waals surface area (Å²) in [7, 11) is 0. The molecule has 1 aliphatic rings. The van der Waals surface area contributed by atoms with Gasteiger partial charge in [-0.2, -0.15) is 11.8 Å².